The van der Waals surface area contributed by atoms with Crippen LogP contribution < -0.4 is 0 Å². The first-order chi connectivity index (χ1) is 8.11. The molecule has 0 saturated heterocycles. The smallest absolute Gasteiger partial charge is 0.340 e. The van der Waals surface area contributed by atoms with Gasteiger partial charge in [0, 0.05) is 0 Å². The Morgan fingerprint density at radius 1 is 1.18 bits per heavy atom. The zero-order chi connectivity index (χ0) is 12.7. The fourth-order valence-corrected chi connectivity index (χ4v) is 1.90. The average molecular weight is 236 g/mol. The maximum Gasteiger partial charge on any atom is 0.340 e. The van der Waals surface area contributed by atoms with Crippen molar-refractivity contribution in [3.63, 3.8) is 0 Å². The Balaban J connectivity index is 2.73. The summed E-state index contributed by atoms with van der Waals surface area (Å²) in [7, 11) is 0. The molecular weight excluding hydrogens is 216 g/mol. The molecule has 0 aliphatic heterocycles. The van der Waals surface area contributed by atoms with Crippen molar-refractivity contribution in [1.29, 1.82) is 0 Å². The lowest BCUT2D eigenvalue weighted by atomic mass is 9.88. The number of carbonyl (C=O) groups is 1. The molecule has 2 N–H and O–H groups in total. The lowest BCUT2D eigenvalue weighted by Gasteiger charge is -2.23. The molecule has 0 amide bonds. The van der Waals surface area contributed by atoms with Gasteiger partial charge in [0.2, 0.25) is 0 Å². The van der Waals surface area contributed by atoms with Crippen LogP contribution in [0.4, 0.5) is 0 Å². The summed E-state index contributed by atoms with van der Waals surface area (Å²) in [5.41, 5.74) is -1.28. The van der Waals surface area contributed by atoms with Gasteiger partial charge in [-0.25, -0.2) is 4.79 Å². The summed E-state index contributed by atoms with van der Waals surface area (Å²) in [6.45, 7) is 2.10. The number of benzene rings is 1. The van der Waals surface area contributed by atoms with Crippen LogP contribution in [0.15, 0.2) is 30.3 Å². The Bertz CT molecular complexity index is 348. The van der Waals surface area contributed by atoms with Crippen molar-refractivity contribution in [2.24, 2.45) is 0 Å². The third-order valence-corrected chi connectivity index (χ3v) is 3.00. The number of carboxylic acids is 1. The molecule has 0 radical (unpaired) electrons. The second-order valence-corrected chi connectivity index (χ2v) is 4.34. The molecular formula is C14H20O3. The quantitative estimate of drug-likeness (QED) is 0.716. The Morgan fingerprint density at radius 2 is 1.82 bits per heavy atom. The highest BCUT2D eigenvalue weighted by molar-refractivity contribution is 5.79. The summed E-state index contributed by atoms with van der Waals surface area (Å²) in [5, 5.41) is 19.5. The standard InChI is InChI=1S/C14H20O3/c1-2-3-4-8-11-14(17,13(15)16)12-9-6-5-7-10-12/h5-7,9-10,17H,2-4,8,11H2,1H3,(H,15,16). The first-order valence-electron chi connectivity index (χ1n) is 6.12. The maximum atomic E-state index is 11.2. The van der Waals surface area contributed by atoms with Crippen LogP contribution in [0.25, 0.3) is 0 Å². The molecule has 1 unspecified atom stereocenters. The average Bonchev–Trinajstić information content (AvgIpc) is 2.35. The summed E-state index contributed by atoms with van der Waals surface area (Å²) in [6.07, 6.45) is 4.12. The van der Waals surface area contributed by atoms with E-state index in [2.05, 4.69) is 6.92 Å². The van der Waals surface area contributed by atoms with Crippen LogP contribution in [0.3, 0.4) is 0 Å². The predicted octanol–water partition coefficient (Wildman–Crippen LogP) is 2.93. The van der Waals surface area contributed by atoms with E-state index in [0.29, 0.717) is 5.56 Å². The predicted molar refractivity (Wildman–Crippen MR) is 66.7 cm³/mol. The highest BCUT2D eigenvalue weighted by Crippen LogP contribution is 2.27. The zero-order valence-electron chi connectivity index (χ0n) is 10.2. The number of rotatable bonds is 7. The molecule has 1 atom stereocenters. The van der Waals surface area contributed by atoms with Crippen molar-refractivity contribution in [1.82, 2.24) is 0 Å². The van der Waals surface area contributed by atoms with Gasteiger partial charge in [-0.15, -0.1) is 0 Å². The molecule has 3 heteroatoms. The fraction of sp³-hybridized carbons (Fsp3) is 0.500. The number of carboxylic acid groups (broad SMARTS) is 1. The van der Waals surface area contributed by atoms with Crippen molar-refractivity contribution in [2.45, 2.75) is 44.6 Å². The highest BCUT2D eigenvalue weighted by Gasteiger charge is 2.36. The number of aliphatic hydroxyl groups is 1. The topological polar surface area (TPSA) is 57.5 Å². The molecule has 0 fully saturated rings. The van der Waals surface area contributed by atoms with Gasteiger partial charge in [-0.1, -0.05) is 56.5 Å². The Kier molecular flexibility index (Phi) is 5.16. The van der Waals surface area contributed by atoms with Gasteiger partial charge in [-0.2, -0.15) is 0 Å². The SMILES string of the molecule is CCCCCCC(O)(C(=O)O)c1ccccc1. The fourth-order valence-electron chi connectivity index (χ4n) is 1.90. The van der Waals surface area contributed by atoms with Crippen LogP contribution in [0.1, 0.15) is 44.6 Å². The summed E-state index contributed by atoms with van der Waals surface area (Å²) in [4.78, 5) is 11.2. The third-order valence-electron chi connectivity index (χ3n) is 3.00. The van der Waals surface area contributed by atoms with Crippen LogP contribution in [0.5, 0.6) is 0 Å². The highest BCUT2D eigenvalue weighted by atomic mass is 16.4. The van der Waals surface area contributed by atoms with E-state index < -0.39 is 11.6 Å². The molecule has 0 aromatic heterocycles. The molecule has 1 aromatic rings. The minimum Gasteiger partial charge on any atom is -0.479 e. The van der Waals surface area contributed by atoms with E-state index in [9.17, 15) is 15.0 Å². The number of aliphatic carboxylic acids is 1. The summed E-state index contributed by atoms with van der Waals surface area (Å²) < 4.78 is 0. The van der Waals surface area contributed by atoms with Gasteiger partial charge in [0.1, 0.15) is 0 Å². The normalized spacial score (nSPS) is 14.2. The number of hydrogen-bond donors (Lipinski definition) is 2. The first kappa shape index (κ1) is 13.7. The Morgan fingerprint density at radius 3 is 2.35 bits per heavy atom. The van der Waals surface area contributed by atoms with Gasteiger partial charge in [-0.05, 0) is 18.4 Å². The van der Waals surface area contributed by atoms with Crippen molar-refractivity contribution in [3.05, 3.63) is 35.9 Å². The minimum atomic E-state index is -1.74. The minimum absolute atomic E-state index is 0.270. The molecule has 0 aliphatic carbocycles. The van der Waals surface area contributed by atoms with E-state index in [1.807, 2.05) is 6.07 Å². The van der Waals surface area contributed by atoms with Gasteiger partial charge >= 0.3 is 5.97 Å². The Hall–Kier alpha value is -1.35. The van der Waals surface area contributed by atoms with Gasteiger partial charge in [0.25, 0.3) is 0 Å². The molecule has 0 heterocycles. The van der Waals surface area contributed by atoms with E-state index in [1.165, 1.54) is 0 Å². The molecule has 0 bridgehead atoms. The van der Waals surface area contributed by atoms with E-state index in [0.717, 1.165) is 25.7 Å². The van der Waals surface area contributed by atoms with Crippen LogP contribution in [0, 0.1) is 0 Å². The summed E-state index contributed by atoms with van der Waals surface area (Å²) in [6, 6.07) is 8.62. The van der Waals surface area contributed by atoms with Gasteiger partial charge in [0.05, 0.1) is 0 Å². The second-order valence-electron chi connectivity index (χ2n) is 4.34. The lowest BCUT2D eigenvalue weighted by Crippen LogP contribution is -2.35. The molecule has 94 valence electrons. The molecule has 3 nitrogen and oxygen atoms in total. The largest absolute Gasteiger partial charge is 0.479 e. The monoisotopic (exact) mass is 236 g/mol. The van der Waals surface area contributed by atoms with Crippen LogP contribution in [-0.4, -0.2) is 16.2 Å². The van der Waals surface area contributed by atoms with Crippen molar-refractivity contribution >= 4 is 5.97 Å². The van der Waals surface area contributed by atoms with E-state index in [1.54, 1.807) is 24.3 Å². The Labute approximate surface area is 102 Å². The molecule has 1 aromatic carbocycles. The van der Waals surface area contributed by atoms with Crippen molar-refractivity contribution < 1.29 is 15.0 Å². The molecule has 0 aliphatic rings. The van der Waals surface area contributed by atoms with Crippen LogP contribution in [0.2, 0.25) is 0 Å². The molecule has 1 rings (SSSR count). The van der Waals surface area contributed by atoms with Crippen LogP contribution in [-0.2, 0) is 10.4 Å². The number of hydrogen-bond acceptors (Lipinski definition) is 2. The maximum absolute atomic E-state index is 11.2. The first-order valence-corrected chi connectivity index (χ1v) is 6.12. The zero-order valence-corrected chi connectivity index (χ0v) is 10.2. The van der Waals surface area contributed by atoms with Crippen LogP contribution >= 0.6 is 0 Å². The van der Waals surface area contributed by atoms with Gasteiger partial charge in [0.15, 0.2) is 5.60 Å². The molecule has 17 heavy (non-hydrogen) atoms. The summed E-state index contributed by atoms with van der Waals surface area (Å²) >= 11 is 0. The third kappa shape index (κ3) is 3.56. The summed E-state index contributed by atoms with van der Waals surface area (Å²) in [5.74, 6) is -1.17. The lowest BCUT2D eigenvalue weighted by molar-refractivity contribution is -0.160. The van der Waals surface area contributed by atoms with Crippen molar-refractivity contribution in [2.75, 3.05) is 0 Å². The van der Waals surface area contributed by atoms with E-state index >= 15 is 0 Å². The van der Waals surface area contributed by atoms with E-state index in [4.69, 9.17) is 0 Å². The second kappa shape index (κ2) is 6.40. The van der Waals surface area contributed by atoms with Crippen molar-refractivity contribution in [3.8, 4) is 0 Å². The number of unbranched alkanes of at least 4 members (excludes halogenated alkanes) is 3. The molecule has 0 saturated carbocycles. The van der Waals surface area contributed by atoms with E-state index in [-0.39, 0.29) is 6.42 Å². The van der Waals surface area contributed by atoms with Gasteiger partial charge in [-0.3, -0.25) is 0 Å². The molecule has 0 spiro atoms. The van der Waals surface area contributed by atoms with Gasteiger partial charge < -0.3 is 10.2 Å².